The van der Waals surface area contributed by atoms with Gasteiger partial charge in [0.25, 0.3) is 0 Å². The Bertz CT molecular complexity index is 383. The van der Waals surface area contributed by atoms with Crippen LogP contribution in [-0.2, 0) is 20.8 Å². The minimum Gasteiger partial charge on any atom is -0.387 e. The van der Waals surface area contributed by atoms with Crippen LogP contribution in [0, 0.1) is 0 Å². The van der Waals surface area contributed by atoms with Gasteiger partial charge in [-0.3, -0.25) is 0 Å². The Kier molecular flexibility index (Phi) is 4.90. The lowest BCUT2D eigenvalue weighted by atomic mass is 9.99. The molecule has 0 spiro atoms. The van der Waals surface area contributed by atoms with Crippen molar-refractivity contribution in [3.8, 4) is 0 Å². The molecule has 0 unspecified atom stereocenters. The van der Waals surface area contributed by atoms with Crippen molar-refractivity contribution < 1.29 is 24.4 Å². The highest BCUT2D eigenvalue weighted by molar-refractivity contribution is 5.13. The van der Waals surface area contributed by atoms with Crippen molar-refractivity contribution in [2.75, 3.05) is 7.11 Å². The molecule has 2 N–H and O–H groups in total. The van der Waals surface area contributed by atoms with Crippen molar-refractivity contribution in [2.24, 2.45) is 0 Å². The largest absolute Gasteiger partial charge is 0.387 e. The van der Waals surface area contributed by atoms with E-state index in [9.17, 15) is 10.2 Å². The third-order valence-electron chi connectivity index (χ3n) is 3.29. The number of ether oxygens (including phenoxy) is 3. The van der Waals surface area contributed by atoms with Gasteiger partial charge in [-0.05, 0) is 12.5 Å². The van der Waals surface area contributed by atoms with Gasteiger partial charge in [-0.25, -0.2) is 0 Å². The fourth-order valence-corrected chi connectivity index (χ4v) is 2.20. The molecular weight excluding hydrogens is 248 g/mol. The standard InChI is InChI=1S/C14H20O5/c1-9-13(11(15)12(16)14(17-2)19-9)18-8-10-6-4-3-5-7-10/h3-7,9,11-16H,8H2,1-2H3/t9-,11+,12+,13+,14-/m1/s1. The number of hydrogen-bond donors (Lipinski definition) is 2. The zero-order chi connectivity index (χ0) is 13.8. The van der Waals surface area contributed by atoms with Crippen molar-refractivity contribution in [1.82, 2.24) is 0 Å². The van der Waals surface area contributed by atoms with Gasteiger partial charge in [0.2, 0.25) is 0 Å². The fraction of sp³-hybridized carbons (Fsp3) is 0.571. The van der Waals surface area contributed by atoms with Gasteiger partial charge in [-0.15, -0.1) is 0 Å². The minimum absolute atomic E-state index is 0.355. The number of hydrogen-bond acceptors (Lipinski definition) is 5. The van der Waals surface area contributed by atoms with Gasteiger partial charge in [0.15, 0.2) is 6.29 Å². The summed E-state index contributed by atoms with van der Waals surface area (Å²) in [5, 5.41) is 19.9. The molecule has 1 aliphatic rings. The van der Waals surface area contributed by atoms with E-state index >= 15 is 0 Å². The molecule has 0 aromatic heterocycles. The third kappa shape index (κ3) is 3.32. The predicted octanol–water partition coefficient (Wildman–Crippen LogP) is 0.685. The predicted molar refractivity (Wildman–Crippen MR) is 68.4 cm³/mol. The lowest BCUT2D eigenvalue weighted by molar-refractivity contribution is -0.294. The summed E-state index contributed by atoms with van der Waals surface area (Å²) >= 11 is 0. The monoisotopic (exact) mass is 268 g/mol. The van der Waals surface area contributed by atoms with Crippen LogP contribution in [0.4, 0.5) is 0 Å². The van der Waals surface area contributed by atoms with Crippen LogP contribution in [-0.4, -0.2) is 48.0 Å². The number of aliphatic hydroxyl groups excluding tert-OH is 2. The molecule has 1 heterocycles. The average molecular weight is 268 g/mol. The summed E-state index contributed by atoms with van der Waals surface area (Å²) in [5.41, 5.74) is 1.00. The quantitative estimate of drug-likeness (QED) is 0.840. The number of methoxy groups -OCH3 is 1. The molecule has 1 aromatic rings. The van der Waals surface area contributed by atoms with Gasteiger partial charge < -0.3 is 24.4 Å². The van der Waals surface area contributed by atoms with Gasteiger partial charge in [-0.2, -0.15) is 0 Å². The van der Waals surface area contributed by atoms with Gasteiger partial charge in [0.1, 0.15) is 18.3 Å². The lowest BCUT2D eigenvalue weighted by Crippen LogP contribution is -2.57. The molecule has 1 aliphatic heterocycles. The molecule has 0 aliphatic carbocycles. The summed E-state index contributed by atoms with van der Waals surface area (Å²) < 4.78 is 16.1. The molecular formula is C14H20O5. The Morgan fingerprint density at radius 2 is 1.84 bits per heavy atom. The molecule has 0 saturated carbocycles. The van der Waals surface area contributed by atoms with E-state index in [1.165, 1.54) is 7.11 Å². The summed E-state index contributed by atoms with van der Waals surface area (Å²) in [7, 11) is 1.43. The van der Waals surface area contributed by atoms with Gasteiger partial charge in [0.05, 0.1) is 12.7 Å². The Morgan fingerprint density at radius 1 is 1.16 bits per heavy atom. The Morgan fingerprint density at radius 3 is 2.47 bits per heavy atom. The molecule has 0 bridgehead atoms. The Labute approximate surface area is 112 Å². The summed E-state index contributed by atoms with van der Waals surface area (Å²) in [5.74, 6) is 0. The molecule has 19 heavy (non-hydrogen) atoms. The van der Waals surface area contributed by atoms with Crippen LogP contribution in [0.15, 0.2) is 30.3 Å². The first-order valence-electron chi connectivity index (χ1n) is 6.33. The SMILES string of the molecule is CO[C@@H]1O[C@H](C)[C@H](OCc2ccccc2)[C@@H](O)[C@@H]1O. The molecule has 5 nitrogen and oxygen atoms in total. The molecule has 1 fully saturated rings. The summed E-state index contributed by atoms with van der Waals surface area (Å²) in [6.45, 7) is 2.15. The van der Waals surface area contributed by atoms with Crippen LogP contribution in [0.2, 0.25) is 0 Å². The lowest BCUT2D eigenvalue weighted by Gasteiger charge is -2.40. The first-order valence-corrected chi connectivity index (χ1v) is 6.33. The highest BCUT2D eigenvalue weighted by Crippen LogP contribution is 2.24. The maximum absolute atomic E-state index is 10.1. The molecule has 5 heteroatoms. The van der Waals surface area contributed by atoms with Crippen molar-refractivity contribution in [1.29, 1.82) is 0 Å². The van der Waals surface area contributed by atoms with Crippen molar-refractivity contribution >= 4 is 0 Å². The van der Waals surface area contributed by atoms with Gasteiger partial charge in [-0.1, -0.05) is 30.3 Å². The fourth-order valence-electron chi connectivity index (χ4n) is 2.20. The zero-order valence-corrected chi connectivity index (χ0v) is 11.1. The number of benzene rings is 1. The molecule has 5 atom stereocenters. The highest BCUT2D eigenvalue weighted by Gasteiger charge is 2.43. The third-order valence-corrected chi connectivity index (χ3v) is 3.29. The van der Waals surface area contributed by atoms with E-state index in [1.54, 1.807) is 6.92 Å². The second-order valence-electron chi connectivity index (χ2n) is 4.69. The Hall–Kier alpha value is -0.980. The second kappa shape index (κ2) is 6.45. The van der Waals surface area contributed by atoms with Crippen LogP contribution in [0.25, 0.3) is 0 Å². The van der Waals surface area contributed by atoms with Crippen LogP contribution >= 0.6 is 0 Å². The Balaban J connectivity index is 1.96. The molecule has 1 aromatic carbocycles. The zero-order valence-electron chi connectivity index (χ0n) is 11.1. The minimum atomic E-state index is -1.11. The maximum Gasteiger partial charge on any atom is 0.186 e. The van der Waals surface area contributed by atoms with E-state index in [1.807, 2.05) is 30.3 Å². The van der Waals surface area contributed by atoms with E-state index in [2.05, 4.69) is 0 Å². The number of aliphatic hydroxyl groups is 2. The molecule has 0 amide bonds. The van der Waals surface area contributed by atoms with Gasteiger partial charge in [0, 0.05) is 7.11 Å². The number of rotatable bonds is 4. The smallest absolute Gasteiger partial charge is 0.186 e. The first kappa shape index (κ1) is 14.4. The molecule has 106 valence electrons. The van der Waals surface area contributed by atoms with Crippen LogP contribution in [0.1, 0.15) is 12.5 Å². The topological polar surface area (TPSA) is 68.2 Å². The van der Waals surface area contributed by atoms with E-state index in [0.29, 0.717) is 6.61 Å². The van der Waals surface area contributed by atoms with E-state index in [4.69, 9.17) is 14.2 Å². The van der Waals surface area contributed by atoms with Crippen molar-refractivity contribution in [2.45, 2.75) is 44.2 Å². The molecule has 2 rings (SSSR count). The molecule has 1 saturated heterocycles. The highest BCUT2D eigenvalue weighted by atomic mass is 16.7. The van der Waals surface area contributed by atoms with E-state index < -0.39 is 24.6 Å². The normalized spacial score (nSPS) is 35.3. The second-order valence-corrected chi connectivity index (χ2v) is 4.69. The first-order chi connectivity index (χ1) is 9.13. The summed E-state index contributed by atoms with van der Waals surface area (Å²) in [6, 6.07) is 9.65. The van der Waals surface area contributed by atoms with Crippen molar-refractivity contribution in [3.63, 3.8) is 0 Å². The van der Waals surface area contributed by atoms with Crippen LogP contribution < -0.4 is 0 Å². The summed E-state index contributed by atoms with van der Waals surface area (Å²) in [4.78, 5) is 0. The van der Waals surface area contributed by atoms with E-state index in [-0.39, 0.29) is 6.10 Å². The molecule has 0 radical (unpaired) electrons. The van der Waals surface area contributed by atoms with Gasteiger partial charge >= 0.3 is 0 Å². The average Bonchev–Trinajstić information content (AvgIpc) is 2.44. The maximum atomic E-state index is 10.1. The summed E-state index contributed by atoms with van der Waals surface area (Å²) in [6.07, 6.45) is -3.89. The van der Waals surface area contributed by atoms with Crippen molar-refractivity contribution in [3.05, 3.63) is 35.9 Å². The van der Waals surface area contributed by atoms with E-state index in [0.717, 1.165) is 5.56 Å². The van der Waals surface area contributed by atoms with Crippen LogP contribution in [0.3, 0.4) is 0 Å². The van der Waals surface area contributed by atoms with Crippen LogP contribution in [0.5, 0.6) is 0 Å².